The molecule has 2 N–H and O–H groups in total. The van der Waals surface area contributed by atoms with E-state index in [9.17, 15) is 4.79 Å². The Hall–Kier alpha value is -0.970. The number of carbonyl (C=O) groups excluding carboxylic acids is 1. The molecule has 1 aromatic heterocycles. The molecule has 0 spiro atoms. The topological polar surface area (TPSA) is 57.8 Å². The number of hydrogen-bond donors (Lipinski definition) is 2. The number of thioether (sulfide) groups is 1. The van der Waals surface area contributed by atoms with Crippen molar-refractivity contribution in [2.45, 2.75) is 17.6 Å². The largest absolute Gasteiger partial charge is 0.322 e. The van der Waals surface area contributed by atoms with Gasteiger partial charge in [-0.3, -0.25) is 9.89 Å². The highest BCUT2D eigenvalue weighted by atomic mass is 32.2. The van der Waals surface area contributed by atoms with Gasteiger partial charge < -0.3 is 5.32 Å². The molecule has 13 heavy (non-hydrogen) atoms. The third-order valence-corrected chi connectivity index (χ3v) is 3.64. The van der Waals surface area contributed by atoms with Gasteiger partial charge in [-0.25, -0.2) is 0 Å². The molecule has 0 bridgehead atoms. The summed E-state index contributed by atoms with van der Waals surface area (Å²) in [5.74, 6) is 0.0985. The van der Waals surface area contributed by atoms with Crippen LogP contribution in [0.25, 0.3) is 0 Å². The fourth-order valence-corrected chi connectivity index (χ4v) is 1.95. The number of anilines is 1. The van der Waals surface area contributed by atoms with Gasteiger partial charge >= 0.3 is 0 Å². The maximum Gasteiger partial charge on any atom is 0.240 e. The van der Waals surface area contributed by atoms with E-state index in [1.807, 2.05) is 6.26 Å². The van der Waals surface area contributed by atoms with Crippen LogP contribution in [0.15, 0.2) is 12.4 Å². The average molecular weight is 197 g/mol. The van der Waals surface area contributed by atoms with Gasteiger partial charge in [0.2, 0.25) is 5.91 Å². The number of aromatic amines is 1. The summed E-state index contributed by atoms with van der Waals surface area (Å²) in [5, 5.41) is 9.23. The van der Waals surface area contributed by atoms with Crippen molar-refractivity contribution < 1.29 is 4.79 Å². The summed E-state index contributed by atoms with van der Waals surface area (Å²) in [5.41, 5.74) is 0.741. The predicted molar refractivity (Wildman–Crippen MR) is 52.7 cm³/mol. The van der Waals surface area contributed by atoms with Gasteiger partial charge in [-0.15, -0.1) is 11.8 Å². The fourth-order valence-electron chi connectivity index (χ4n) is 1.20. The van der Waals surface area contributed by atoms with E-state index < -0.39 is 0 Å². The van der Waals surface area contributed by atoms with E-state index in [2.05, 4.69) is 15.5 Å². The molecular formula is C8H11N3OS. The molecular weight excluding hydrogens is 186 g/mol. The number of nitrogens with one attached hydrogen (secondary N) is 2. The number of amides is 1. The standard InChI is InChI=1S/C8H11N3OS/c1-13-8(2-3-8)7(12)11-6-4-9-10-5-6/h4-5H,2-3H2,1H3,(H,9,10)(H,11,12). The summed E-state index contributed by atoms with van der Waals surface area (Å²) in [6, 6.07) is 0. The highest BCUT2D eigenvalue weighted by Gasteiger charge is 2.49. The minimum absolute atomic E-state index is 0.0985. The SMILES string of the molecule is CSC1(C(=O)Nc2cn[nH]c2)CC1. The Morgan fingerprint density at radius 3 is 3.00 bits per heavy atom. The lowest BCUT2D eigenvalue weighted by Gasteiger charge is -2.10. The van der Waals surface area contributed by atoms with Crippen molar-refractivity contribution in [3.8, 4) is 0 Å². The van der Waals surface area contributed by atoms with Gasteiger partial charge in [0, 0.05) is 6.20 Å². The first-order valence-corrected chi connectivity index (χ1v) is 5.35. The molecule has 1 fully saturated rings. The number of aromatic nitrogens is 2. The van der Waals surface area contributed by atoms with Gasteiger partial charge in [-0.2, -0.15) is 5.10 Å². The van der Waals surface area contributed by atoms with Crippen LogP contribution in [0.3, 0.4) is 0 Å². The zero-order valence-electron chi connectivity index (χ0n) is 7.33. The Morgan fingerprint density at radius 2 is 2.54 bits per heavy atom. The number of nitrogens with zero attached hydrogens (tertiary/aromatic N) is 1. The van der Waals surface area contributed by atoms with Crippen molar-refractivity contribution >= 4 is 23.4 Å². The van der Waals surface area contributed by atoms with Gasteiger partial charge in [0.05, 0.1) is 16.6 Å². The van der Waals surface area contributed by atoms with Gasteiger partial charge in [0.15, 0.2) is 0 Å². The lowest BCUT2D eigenvalue weighted by molar-refractivity contribution is -0.116. The van der Waals surface area contributed by atoms with Gasteiger partial charge in [-0.1, -0.05) is 0 Å². The number of H-pyrrole nitrogens is 1. The van der Waals surface area contributed by atoms with E-state index in [0.29, 0.717) is 0 Å². The second-order valence-corrected chi connectivity index (χ2v) is 4.33. The normalized spacial score (nSPS) is 18.2. The smallest absolute Gasteiger partial charge is 0.240 e. The zero-order valence-corrected chi connectivity index (χ0v) is 8.15. The maximum atomic E-state index is 11.7. The third kappa shape index (κ3) is 1.56. The Kier molecular flexibility index (Phi) is 2.03. The molecule has 1 aromatic rings. The molecule has 0 atom stereocenters. The zero-order chi connectivity index (χ0) is 9.31. The van der Waals surface area contributed by atoms with Crippen LogP contribution in [-0.2, 0) is 4.79 Å². The van der Waals surface area contributed by atoms with E-state index >= 15 is 0 Å². The Bertz CT molecular complexity index is 305. The highest BCUT2D eigenvalue weighted by molar-refractivity contribution is 8.01. The van der Waals surface area contributed by atoms with Crippen LogP contribution in [0.5, 0.6) is 0 Å². The minimum atomic E-state index is -0.155. The Morgan fingerprint density at radius 1 is 1.77 bits per heavy atom. The van der Waals surface area contributed by atoms with E-state index in [4.69, 9.17) is 0 Å². The molecule has 0 aliphatic heterocycles. The second-order valence-electron chi connectivity index (χ2n) is 3.14. The molecule has 1 aliphatic rings. The summed E-state index contributed by atoms with van der Waals surface area (Å²) < 4.78 is -0.155. The lowest BCUT2D eigenvalue weighted by Crippen LogP contribution is -2.26. The van der Waals surface area contributed by atoms with Crippen LogP contribution in [-0.4, -0.2) is 27.1 Å². The van der Waals surface area contributed by atoms with Crippen LogP contribution in [0.4, 0.5) is 5.69 Å². The van der Waals surface area contributed by atoms with E-state index in [-0.39, 0.29) is 10.7 Å². The van der Waals surface area contributed by atoms with Crippen molar-refractivity contribution in [2.75, 3.05) is 11.6 Å². The first-order valence-electron chi connectivity index (χ1n) is 4.12. The second kappa shape index (κ2) is 3.06. The summed E-state index contributed by atoms with van der Waals surface area (Å²) in [7, 11) is 0. The van der Waals surface area contributed by atoms with Crippen molar-refractivity contribution in [3.05, 3.63) is 12.4 Å². The molecule has 0 unspecified atom stereocenters. The van der Waals surface area contributed by atoms with Crippen LogP contribution in [0, 0.1) is 0 Å². The molecule has 1 aliphatic carbocycles. The predicted octanol–water partition coefficient (Wildman–Crippen LogP) is 1.24. The van der Waals surface area contributed by atoms with Crippen molar-refractivity contribution in [1.82, 2.24) is 10.2 Å². The van der Waals surface area contributed by atoms with Gasteiger partial charge in [0.25, 0.3) is 0 Å². The average Bonchev–Trinajstić information content (AvgIpc) is 2.79. The van der Waals surface area contributed by atoms with Crippen LogP contribution in [0.1, 0.15) is 12.8 Å². The third-order valence-electron chi connectivity index (χ3n) is 2.26. The molecule has 2 rings (SSSR count). The Labute approximate surface area is 80.5 Å². The molecule has 4 nitrogen and oxygen atoms in total. The van der Waals surface area contributed by atoms with E-state index in [0.717, 1.165) is 18.5 Å². The van der Waals surface area contributed by atoms with Crippen LogP contribution in [0.2, 0.25) is 0 Å². The number of carbonyl (C=O) groups is 1. The molecule has 0 saturated heterocycles. The van der Waals surface area contributed by atoms with Gasteiger partial charge in [0.1, 0.15) is 0 Å². The summed E-state index contributed by atoms with van der Waals surface area (Å²) in [6.07, 6.45) is 7.22. The van der Waals surface area contributed by atoms with Crippen molar-refractivity contribution in [3.63, 3.8) is 0 Å². The fraction of sp³-hybridized carbons (Fsp3) is 0.500. The Balaban J connectivity index is 2.00. The maximum absolute atomic E-state index is 11.7. The summed E-state index contributed by atoms with van der Waals surface area (Å²) in [6.45, 7) is 0. The van der Waals surface area contributed by atoms with E-state index in [1.54, 1.807) is 24.2 Å². The van der Waals surface area contributed by atoms with Crippen LogP contribution >= 0.6 is 11.8 Å². The number of rotatable bonds is 3. The van der Waals surface area contributed by atoms with Crippen LogP contribution < -0.4 is 5.32 Å². The molecule has 70 valence electrons. The first-order chi connectivity index (χ1) is 6.27. The highest BCUT2D eigenvalue weighted by Crippen LogP contribution is 2.47. The molecule has 1 amide bonds. The molecule has 1 saturated carbocycles. The van der Waals surface area contributed by atoms with Gasteiger partial charge in [-0.05, 0) is 19.1 Å². The summed E-state index contributed by atoms with van der Waals surface area (Å²) >= 11 is 1.63. The van der Waals surface area contributed by atoms with E-state index in [1.165, 1.54) is 0 Å². The summed E-state index contributed by atoms with van der Waals surface area (Å²) in [4.78, 5) is 11.7. The minimum Gasteiger partial charge on any atom is -0.322 e. The monoisotopic (exact) mass is 197 g/mol. The molecule has 1 heterocycles. The molecule has 0 aromatic carbocycles. The molecule has 0 radical (unpaired) electrons. The number of hydrogen-bond acceptors (Lipinski definition) is 3. The van der Waals surface area contributed by atoms with Crippen molar-refractivity contribution in [2.24, 2.45) is 0 Å². The first kappa shape index (κ1) is 8.62. The van der Waals surface area contributed by atoms with Crippen molar-refractivity contribution in [1.29, 1.82) is 0 Å². The quantitative estimate of drug-likeness (QED) is 0.766. The lowest BCUT2D eigenvalue weighted by atomic mass is 10.3. The molecule has 5 heteroatoms.